The zero-order valence-corrected chi connectivity index (χ0v) is 13.7. The van der Waals surface area contributed by atoms with E-state index in [9.17, 15) is 4.79 Å². The van der Waals surface area contributed by atoms with Crippen LogP contribution < -0.4 is 0 Å². The first-order chi connectivity index (χ1) is 9.84. The number of hydrogen-bond acceptors (Lipinski definition) is 1. The van der Waals surface area contributed by atoms with Crippen LogP contribution in [0.5, 0.6) is 0 Å². The highest BCUT2D eigenvalue weighted by Crippen LogP contribution is 2.14. The van der Waals surface area contributed by atoms with Crippen molar-refractivity contribution < 1.29 is 4.79 Å². The van der Waals surface area contributed by atoms with Crippen molar-refractivity contribution >= 4 is 5.91 Å². The largest absolute Gasteiger partial charge is 0.342 e. The average molecular weight is 281 g/mol. The van der Waals surface area contributed by atoms with Crippen molar-refractivity contribution in [1.29, 1.82) is 0 Å². The number of amides is 1. The van der Waals surface area contributed by atoms with Gasteiger partial charge in [0, 0.05) is 19.5 Å². The van der Waals surface area contributed by atoms with Crippen LogP contribution in [-0.4, -0.2) is 23.9 Å². The smallest absolute Gasteiger partial charge is 0.224 e. The number of rotatable bonds is 14. The van der Waals surface area contributed by atoms with Crippen LogP contribution in [0.3, 0.4) is 0 Å². The van der Waals surface area contributed by atoms with Crippen molar-refractivity contribution in [3.05, 3.63) is 0 Å². The van der Waals surface area contributed by atoms with E-state index in [1.54, 1.807) is 0 Å². The maximum Gasteiger partial charge on any atom is 0.224 e. The van der Waals surface area contributed by atoms with Crippen LogP contribution in [0.4, 0.5) is 0 Å². The number of carbonyl (C=O) groups is 1. The summed E-state index contributed by atoms with van der Waals surface area (Å²) in [4.78, 5) is 13.1. The summed E-state index contributed by atoms with van der Waals surface area (Å²) < 4.78 is 0. The third-order valence-corrected chi connectivity index (χ3v) is 4.48. The lowest BCUT2D eigenvalue weighted by Gasteiger charge is -2.30. The fourth-order valence-corrected chi connectivity index (χ4v) is 2.92. The molecule has 1 saturated heterocycles. The van der Waals surface area contributed by atoms with Crippen molar-refractivity contribution in [1.82, 2.24) is 4.90 Å². The Morgan fingerprint density at radius 3 is 1.55 bits per heavy atom. The fraction of sp³-hybridized carbons (Fsp3) is 0.944. The predicted octanol–water partition coefficient (Wildman–Crippen LogP) is 5.31. The first-order valence-electron chi connectivity index (χ1n) is 9.12. The lowest BCUT2D eigenvalue weighted by Crippen LogP contribution is -2.43. The summed E-state index contributed by atoms with van der Waals surface area (Å²) in [6.07, 6.45) is 18.9. The summed E-state index contributed by atoms with van der Waals surface area (Å²) in [7, 11) is 0. The fourth-order valence-electron chi connectivity index (χ4n) is 2.92. The van der Waals surface area contributed by atoms with E-state index >= 15 is 0 Å². The Bertz CT molecular complexity index is 240. The van der Waals surface area contributed by atoms with Crippen LogP contribution in [0.25, 0.3) is 0 Å². The monoisotopic (exact) mass is 281 g/mol. The summed E-state index contributed by atoms with van der Waals surface area (Å²) in [5.41, 5.74) is 0. The van der Waals surface area contributed by atoms with Gasteiger partial charge in [0.1, 0.15) is 0 Å². The molecule has 0 radical (unpaired) electrons. The minimum Gasteiger partial charge on any atom is -0.342 e. The topological polar surface area (TPSA) is 20.3 Å². The van der Waals surface area contributed by atoms with Gasteiger partial charge in [0.2, 0.25) is 5.91 Å². The van der Waals surface area contributed by atoms with Crippen LogP contribution in [0.15, 0.2) is 0 Å². The van der Waals surface area contributed by atoms with Crippen LogP contribution in [0.1, 0.15) is 96.8 Å². The number of carbonyl (C=O) groups excluding carboxylic acids is 1. The van der Waals surface area contributed by atoms with Gasteiger partial charge in [-0.3, -0.25) is 4.79 Å². The van der Waals surface area contributed by atoms with E-state index in [4.69, 9.17) is 0 Å². The molecule has 0 saturated carbocycles. The molecule has 0 aliphatic carbocycles. The minimum atomic E-state index is 0.365. The lowest BCUT2D eigenvalue weighted by atomic mass is 10.0. The molecule has 0 aromatic rings. The Hall–Kier alpha value is -0.530. The molecule has 1 aliphatic rings. The molecular formula is C18H35NO. The van der Waals surface area contributed by atoms with Crippen LogP contribution in [0, 0.1) is 0 Å². The Kier molecular flexibility index (Phi) is 10.7. The Morgan fingerprint density at radius 2 is 1.20 bits per heavy atom. The Morgan fingerprint density at radius 1 is 0.750 bits per heavy atom. The van der Waals surface area contributed by atoms with Gasteiger partial charge in [0.25, 0.3) is 0 Å². The number of likely N-dealkylation sites (tertiary alicyclic amines) is 1. The molecule has 118 valence electrons. The molecule has 1 fully saturated rings. The van der Waals surface area contributed by atoms with E-state index in [2.05, 4.69) is 6.92 Å². The number of hydrogen-bond donors (Lipinski definition) is 0. The standard InChI is InChI=1S/C18H35NO/c1-2-3-4-5-6-7-8-9-10-11-12-13-14-16-19-17-15-18(19)20/h2-17H2,1H3. The average Bonchev–Trinajstić information content (AvgIpc) is 2.46. The first-order valence-corrected chi connectivity index (χ1v) is 9.12. The molecule has 2 nitrogen and oxygen atoms in total. The highest BCUT2D eigenvalue weighted by atomic mass is 16.2. The summed E-state index contributed by atoms with van der Waals surface area (Å²) in [6, 6.07) is 0. The first kappa shape index (κ1) is 17.5. The van der Waals surface area contributed by atoms with E-state index in [0.717, 1.165) is 19.5 Å². The molecule has 0 aromatic carbocycles. The lowest BCUT2D eigenvalue weighted by molar-refractivity contribution is -0.139. The third-order valence-electron chi connectivity index (χ3n) is 4.48. The molecule has 0 bridgehead atoms. The van der Waals surface area contributed by atoms with E-state index in [0.29, 0.717) is 5.91 Å². The van der Waals surface area contributed by atoms with Gasteiger partial charge < -0.3 is 4.90 Å². The second kappa shape index (κ2) is 12.2. The van der Waals surface area contributed by atoms with Gasteiger partial charge in [-0.25, -0.2) is 0 Å². The number of unbranched alkanes of at least 4 members (excludes halogenated alkanes) is 12. The van der Waals surface area contributed by atoms with E-state index in [1.165, 1.54) is 83.5 Å². The molecule has 0 aromatic heterocycles. The molecule has 0 spiro atoms. The van der Waals surface area contributed by atoms with Gasteiger partial charge >= 0.3 is 0 Å². The molecule has 1 aliphatic heterocycles. The number of nitrogens with zero attached hydrogens (tertiary/aromatic N) is 1. The summed E-state index contributed by atoms with van der Waals surface area (Å²) in [5, 5.41) is 0. The van der Waals surface area contributed by atoms with Crippen LogP contribution in [0.2, 0.25) is 0 Å². The molecule has 0 unspecified atom stereocenters. The summed E-state index contributed by atoms with van der Waals surface area (Å²) in [5.74, 6) is 0.365. The van der Waals surface area contributed by atoms with Crippen molar-refractivity contribution in [3.8, 4) is 0 Å². The second-order valence-electron chi connectivity index (χ2n) is 6.37. The van der Waals surface area contributed by atoms with Crippen molar-refractivity contribution in [2.24, 2.45) is 0 Å². The SMILES string of the molecule is CCCCCCCCCCCCCCCN1CCC1=O. The van der Waals surface area contributed by atoms with Crippen molar-refractivity contribution in [2.45, 2.75) is 96.8 Å². The maximum atomic E-state index is 11.1. The molecule has 20 heavy (non-hydrogen) atoms. The maximum absolute atomic E-state index is 11.1. The third kappa shape index (κ3) is 8.60. The summed E-state index contributed by atoms with van der Waals surface area (Å²) in [6.45, 7) is 4.30. The van der Waals surface area contributed by atoms with E-state index < -0.39 is 0 Å². The van der Waals surface area contributed by atoms with Crippen LogP contribution >= 0.6 is 0 Å². The van der Waals surface area contributed by atoms with E-state index in [1.807, 2.05) is 4.90 Å². The molecule has 0 N–H and O–H groups in total. The molecule has 1 heterocycles. The van der Waals surface area contributed by atoms with E-state index in [-0.39, 0.29) is 0 Å². The minimum absolute atomic E-state index is 0.365. The highest BCUT2D eigenvalue weighted by Gasteiger charge is 2.22. The molecule has 1 amide bonds. The molecular weight excluding hydrogens is 246 g/mol. The Balaban J connectivity index is 1.67. The van der Waals surface area contributed by atoms with Crippen molar-refractivity contribution in [3.63, 3.8) is 0 Å². The zero-order valence-electron chi connectivity index (χ0n) is 13.7. The second-order valence-corrected chi connectivity index (χ2v) is 6.37. The van der Waals surface area contributed by atoms with Crippen molar-refractivity contribution in [2.75, 3.05) is 13.1 Å². The normalized spacial score (nSPS) is 14.7. The van der Waals surface area contributed by atoms with Gasteiger partial charge in [-0.1, -0.05) is 84.0 Å². The predicted molar refractivity (Wildman–Crippen MR) is 86.9 cm³/mol. The van der Waals surface area contributed by atoms with Gasteiger partial charge in [0.05, 0.1) is 0 Å². The van der Waals surface area contributed by atoms with Gasteiger partial charge in [-0.05, 0) is 6.42 Å². The van der Waals surface area contributed by atoms with Crippen LogP contribution in [-0.2, 0) is 4.79 Å². The molecule has 0 atom stereocenters. The zero-order chi connectivity index (χ0) is 14.5. The quantitative estimate of drug-likeness (QED) is 0.312. The van der Waals surface area contributed by atoms with Gasteiger partial charge in [0.15, 0.2) is 0 Å². The number of β-lactam (4-membered cyclic amide) rings is 1. The summed E-state index contributed by atoms with van der Waals surface area (Å²) >= 11 is 0. The molecule has 1 rings (SSSR count). The highest BCUT2D eigenvalue weighted by molar-refractivity contribution is 5.81. The Labute approximate surface area is 126 Å². The van der Waals surface area contributed by atoms with Gasteiger partial charge in [-0.2, -0.15) is 0 Å². The van der Waals surface area contributed by atoms with Gasteiger partial charge in [-0.15, -0.1) is 0 Å². The molecule has 2 heteroatoms.